The number of nitrogens with zero attached hydrogens (tertiary/aromatic N) is 1. The van der Waals surface area contributed by atoms with E-state index in [0.29, 0.717) is 17.3 Å². The largest absolute Gasteiger partial charge is 0.497 e. The van der Waals surface area contributed by atoms with Gasteiger partial charge < -0.3 is 18.6 Å². The molecule has 3 aromatic rings. The van der Waals surface area contributed by atoms with Crippen molar-refractivity contribution in [2.45, 2.75) is 0 Å². The summed E-state index contributed by atoms with van der Waals surface area (Å²) in [4.78, 5) is 4.35. The number of aromatic nitrogens is 1. The average molecular weight is 390 g/mol. The highest BCUT2D eigenvalue weighted by Crippen LogP contribution is 2.41. The van der Waals surface area contributed by atoms with Gasteiger partial charge in [-0.25, -0.2) is 4.98 Å². The average Bonchev–Trinajstić information content (AvgIpc) is 3.11. The first-order valence-corrected chi connectivity index (χ1v) is 7.97. The van der Waals surface area contributed by atoms with Crippen molar-refractivity contribution < 1.29 is 18.6 Å². The lowest BCUT2D eigenvalue weighted by Gasteiger charge is -2.11. The highest BCUT2D eigenvalue weighted by molar-refractivity contribution is 9.10. The predicted molar refractivity (Wildman–Crippen MR) is 94.7 cm³/mol. The monoisotopic (exact) mass is 389 g/mol. The van der Waals surface area contributed by atoms with E-state index < -0.39 is 0 Å². The second-order valence-electron chi connectivity index (χ2n) is 4.95. The van der Waals surface area contributed by atoms with Crippen molar-refractivity contribution in [2.75, 3.05) is 21.3 Å². The molecular weight excluding hydrogens is 374 g/mol. The minimum Gasteiger partial charge on any atom is -0.497 e. The third-order valence-electron chi connectivity index (χ3n) is 3.64. The number of methoxy groups -OCH3 is 3. The maximum Gasteiger partial charge on any atom is 0.182 e. The van der Waals surface area contributed by atoms with Crippen LogP contribution in [0.5, 0.6) is 17.2 Å². The molecule has 0 aliphatic carbocycles. The van der Waals surface area contributed by atoms with Crippen molar-refractivity contribution in [1.29, 1.82) is 0 Å². The Hall–Kier alpha value is -2.47. The Kier molecular flexibility index (Phi) is 4.76. The van der Waals surface area contributed by atoms with Crippen LogP contribution in [0.1, 0.15) is 0 Å². The Balaban J connectivity index is 2.10. The van der Waals surface area contributed by atoms with E-state index in [-0.39, 0.29) is 0 Å². The molecule has 0 amide bonds. The number of benzene rings is 2. The van der Waals surface area contributed by atoms with E-state index in [1.54, 1.807) is 21.3 Å². The standard InChI is InChI=1S/C18H16BrNO4/c1-21-13-6-4-11(5-7-13)17-18(24-10-20-17)12-8-14(22-2)16(19)15(9-12)23-3/h4-10H,1-3H3. The van der Waals surface area contributed by atoms with Crippen LogP contribution in [0.2, 0.25) is 0 Å². The number of oxazole rings is 1. The molecule has 1 aromatic heterocycles. The van der Waals surface area contributed by atoms with Crippen molar-refractivity contribution in [3.8, 4) is 39.8 Å². The van der Waals surface area contributed by atoms with Gasteiger partial charge in [0.2, 0.25) is 0 Å². The molecule has 0 bridgehead atoms. The Morgan fingerprint density at radius 1 is 0.875 bits per heavy atom. The van der Waals surface area contributed by atoms with Crippen LogP contribution in [0.25, 0.3) is 22.6 Å². The predicted octanol–water partition coefficient (Wildman–Crippen LogP) is 4.80. The molecular formula is C18H16BrNO4. The Labute approximate surface area is 148 Å². The number of ether oxygens (including phenoxy) is 3. The normalized spacial score (nSPS) is 10.5. The van der Waals surface area contributed by atoms with Crippen molar-refractivity contribution in [1.82, 2.24) is 4.98 Å². The van der Waals surface area contributed by atoms with Gasteiger partial charge >= 0.3 is 0 Å². The molecule has 0 fully saturated rings. The highest BCUT2D eigenvalue weighted by atomic mass is 79.9. The smallest absolute Gasteiger partial charge is 0.182 e. The lowest BCUT2D eigenvalue weighted by Crippen LogP contribution is -1.92. The minimum absolute atomic E-state index is 0.643. The quantitative estimate of drug-likeness (QED) is 0.627. The van der Waals surface area contributed by atoms with Crippen LogP contribution in [-0.4, -0.2) is 26.3 Å². The molecule has 6 heteroatoms. The zero-order valence-electron chi connectivity index (χ0n) is 13.5. The van der Waals surface area contributed by atoms with Crippen LogP contribution < -0.4 is 14.2 Å². The number of rotatable bonds is 5. The number of hydrogen-bond donors (Lipinski definition) is 0. The van der Waals surface area contributed by atoms with Crippen LogP contribution >= 0.6 is 15.9 Å². The summed E-state index contributed by atoms with van der Waals surface area (Å²) in [6, 6.07) is 11.4. The molecule has 0 atom stereocenters. The van der Waals surface area contributed by atoms with Crippen LogP contribution in [0.4, 0.5) is 0 Å². The number of hydrogen-bond acceptors (Lipinski definition) is 5. The van der Waals surface area contributed by atoms with E-state index >= 15 is 0 Å². The summed E-state index contributed by atoms with van der Waals surface area (Å²) in [5.74, 6) is 2.74. The van der Waals surface area contributed by atoms with Gasteiger partial charge in [-0.3, -0.25) is 0 Å². The second kappa shape index (κ2) is 6.97. The van der Waals surface area contributed by atoms with E-state index in [0.717, 1.165) is 27.0 Å². The summed E-state index contributed by atoms with van der Waals surface area (Å²) in [7, 11) is 4.85. The molecule has 124 valence electrons. The fourth-order valence-electron chi connectivity index (χ4n) is 2.41. The van der Waals surface area contributed by atoms with Crippen LogP contribution in [-0.2, 0) is 0 Å². The Morgan fingerprint density at radius 2 is 1.50 bits per heavy atom. The van der Waals surface area contributed by atoms with E-state index in [1.807, 2.05) is 36.4 Å². The summed E-state index contributed by atoms with van der Waals surface area (Å²) in [5.41, 5.74) is 2.49. The van der Waals surface area contributed by atoms with Gasteiger partial charge in [0.05, 0.1) is 21.3 Å². The molecule has 3 rings (SSSR count). The minimum atomic E-state index is 0.643. The molecule has 0 saturated carbocycles. The van der Waals surface area contributed by atoms with E-state index in [4.69, 9.17) is 18.6 Å². The van der Waals surface area contributed by atoms with E-state index in [9.17, 15) is 0 Å². The van der Waals surface area contributed by atoms with Gasteiger partial charge in [-0.2, -0.15) is 0 Å². The van der Waals surface area contributed by atoms with Crippen LogP contribution in [0.3, 0.4) is 0 Å². The summed E-state index contributed by atoms with van der Waals surface area (Å²) in [5, 5.41) is 0. The van der Waals surface area contributed by atoms with Crippen molar-refractivity contribution in [2.24, 2.45) is 0 Å². The first-order chi connectivity index (χ1) is 11.7. The zero-order chi connectivity index (χ0) is 17.1. The summed E-state index contributed by atoms with van der Waals surface area (Å²) in [6.45, 7) is 0. The van der Waals surface area contributed by atoms with Crippen molar-refractivity contribution >= 4 is 15.9 Å². The molecule has 0 radical (unpaired) electrons. The number of halogens is 1. The third-order valence-corrected chi connectivity index (χ3v) is 4.42. The molecule has 0 unspecified atom stereocenters. The molecule has 0 aliphatic rings. The lowest BCUT2D eigenvalue weighted by molar-refractivity contribution is 0.389. The second-order valence-corrected chi connectivity index (χ2v) is 5.75. The van der Waals surface area contributed by atoms with Gasteiger partial charge in [-0.1, -0.05) is 0 Å². The van der Waals surface area contributed by atoms with Crippen molar-refractivity contribution in [3.05, 3.63) is 47.3 Å². The van der Waals surface area contributed by atoms with Crippen molar-refractivity contribution in [3.63, 3.8) is 0 Å². The van der Waals surface area contributed by atoms with Gasteiger partial charge in [0.15, 0.2) is 12.2 Å². The fraction of sp³-hybridized carbons (Fsp3) is 0.167. The molecule has 0 spiro atoms. The fourth-order valence-corrected chi connectivity index (χ4v) is 2.96. The summed E-state index contributed by atoms with van der Waals surface area (Å²) < 4.78 is 22.4. The maximum absolute atomic E-state index is 5.63. The van der Waals surface area contributed by atoms with Gasteiger partial charge in [0, 0.05) is 11.1 Å². The van der Waals surface area contributed by atoms with E-state index in [1.165, 1.54) is 6.39 Å². The summed E-state index contributed by atoms with van der Waals surface area (Å²) >= 11 is 3.47. The molecule has 0 N–H and O–H groups in total. The van der Waals surface area contributed by atoms with Gasteiger partial charge in [-0.05, 0) is 52.3 Å². The highest BCUT2D eigenvalue weighted by Gasteiger charge is 2.17. The third kappa shape index (κ3) is 2.97. The maximum atomic E-state index is 5.63. The molecule has 1 heterocycles. The SMILES string of the molecule is COc1ccc(-c2ncoc2-c2cc(OC)c(Br)c(OC)c2)cc1. The first kappa shape index (κ1) is 16.4. The zero-order valence-corrected chi connectivity index (χ0v) is 15.1. The molecule has 5 nitrogen and oxygen atoms in total. The van der Waals surface area contributed by atoms with Gasteiger partial charge in [-0.15, -0.1) is 0 Å². The topological polar surface area (TPSA) is 53.7 Å². The lowest BCUT2D eigenvalue weighted by atomic mass is 10.1. The Morgan fingerprint density at radius 3 is 2.04 bits per heavy atom. The molecule has 0 aliphatic heterocycles. The molecule has 2 aromatic carbocycles. The van der Waals surface area contributed by atoms with Gasteiger partial charge in [0.25, 0.3) is 0 Å². The first-order valence-electron chi connectivity index (χ1n) is 7.17. The van der Waals surface area contributed by atoms with Gasteiger partial charge in [0.1, 0.15) is 27.4 Å². The summed E-state index contributed by atoms with van der Waals surface area (Å²) in [6.07, 6.45) is 1.43. The molecule has 0 saturated heterocycles. The van der Waals surface area contributed by atoms with E-state index in [2.05, 4.69) is 20.9 Å². The van der Waals surface area contributed by atoms with Crippen LogP contribution in [0.15, 0.2) is 51.7 Å². The Bertz CT molecular complexity index is 817. The molecule has 24 heavy (non-hydrogen) atoms. The van der Waals surface area contributed by atoms with Crippen LogP contribution in [0, 0.1) is 0 Å².